The Bertz CT molecular complexity index is 1110. The molecule has 1 aromatic rings. The standard InChI is InChI=1S/C24H32ClNO4S.C8H11Cl2NO/c1-3-5-21(26-29-14-16(2)30-20-9-7-19(25)8-10-20)24-22(27)12-18(13-23(24)28)17-6-4-11-31-15-17;1-3-5-11(6-4-2)8(12)7(9)10/h7-10,16-18,27H,3-6,11-15H2,1-2H3;3-4,7H,1-2,5-6H2. The van der Waals surface area contributed by atoms with Crippen LogP contribution in [0.3, 0.4) is 0 Å². The van der Waals surface area contributed by atoms with Crippen LogP contribution in [0.25, 0.3) is 0 Å². The molecule has 3 rings (SSSR count). The van der Waals surface area contributed by atoms with Gasteiger partial charge in [0.15, 0.2) is 17.2 Å². The number of halogens is 3. The molecule has 238 valence electrons. The van der Waals surface area contributed by atoms with Crippen LogP contribution in [-0.4, -0.2) is 69.6 Å². The van der Waals surface area contributed by atoms with Crippen molar-refractivity contribution in [2.24, 2.45) is 17.0 Å². The minimum absolute atomic E-state index is 0.00872. The fourth-order valence-corrected chi connectivity index (χ4v) is 6.56. The summed E-state index contributed by atoms with van der Waals surface area (Å²) in [5.74, 6) is 3.59. The van der Waals surface area contributed by atoms with Gasteiger partial charge in [0.1, 0.15) is 17.6 Å². The third-order valence-electron chi connectivity index (χ3n) is 6.94. The average molecular weight is 674 g/mol. The number of nitrogens with zero attached hydrogens (tertiary/aromatic N) is 2. The number of carbonyl (C=O) groups excluding carboxylic acids is 2. The lowest BCUT2D eigenvalue weighted by Crippen LogP contribution is -2.35. The molecule has 0 bridgehead atoms. The summed E-state index contributed by atoms with van der Waals surface area (Å²) in [6.07, 6.45) is 7.78. The molecule has 0 aromatic heterocycles. The summed E-state index contributed by atoms with van der Waals surface area (Å²) in [7, 11) is 0. The van der Waals surface area contributed by atoms with Crippen molar-refractivity contribution < 1.29 is 24.3 Å². The molecule has 3 unspecified atom stereocenters. The summed E-state index contributed by atoms with van der Waals surface area (Å²) in [5.41, 5.74) is 0.910. The largest absolute Gasteiger partial charge is 0.511 e. The quantitative estimate of drug-likeness (QED) is 0.0927. The number of aliphatic hydroxyl groups excluding tert-OH is 1. The fourth-order valence-electron chi connectivity index (χ4n) is 4.88. The van der Waals surface area contributed by atoms with Gasteiger partial charge in [-0.05, 0) is 73.8 Å². The average Bonchev–Trinajstić information content (AvgIpc) is 2.98. The Morgan fingerprint density at radius 3 is 2.40 bits per heavy atom. The van der Waals surface area contributed by atoms with Crippen molar-refractivity contribution in [2.75, 3.05) is 31.2 Å². The first kappa shape index (κ1) is 37.1. The first-order valence-corrected chi connectivity index (χ1v) is 16.9. The zero-order valence-electron chi connectivity index (χ0n) is 25.0. The van der Waals surface area contributed by atoms with Gasteiger partial charge in [-0.25, -0.2) is 0 Å². The van der Waals surface area contributed by atoms with Crippen LogP contribution < -0.4 is 4.74 Å². The molecule has 1 amide bonds. The van der Waals surface area contributed by atoms with Crippen LogP contribution in [0, 0.1) is 11.8 Å². The lowest BCUT2D eigenvalue weighted by atomic mass is 9.76. The minimum atomic E-state index is -1.01. The van der Waals surface area contributed by atoms with E-state index in [2.05, 4.69) is 18.3 Å². The molecule has 1 aliphatic carbocycles. The molecular weight excluding hydrogens is 631 g/mol. The summed E-state index contributed by atoms with van der Waals surface area (Å²) >= 11 is 18.7. The number of benzene rings is 1. The normalized spacial score (nSPS) is 19.7. The summed E-state index contributed by atoms with van der Waals surface area (Å²) in [5, 5.41) is 15.6. The molecule has 1 fully saturated rings. The van der Waals surface area contributed by atoms with E-state index in [4.69, 9.17) is 44.4 Å². The molecule has 1 aromatic carbocycles. The molecule has 7 nitrogen and oxygen atoms in total. The van der Waals surface area contributed by atoms with Crippen LogP contribution in [0.15, 0.2) is 66.1 Å². The molecule has 3 atom stereocenters. The molecule has 0 saturated carbocycles. The number of ether oxygens (including phenoxy) is 1. The number of aliphatic hydroxyl groups is 1. The van der Waals surface area contributed by atoms with E-state index in [1.54, 1.807) is 36.4 Å². The lowest BCUT2D eigenvalue weighted by molar-refractivity contribution is -0.128. The second kappa shape index (κ2) is 20.0. The number of oxime groups is 1. The first-order valence-electron chi connectivity index (χ1n) is 14.5. The molecule has 1 saturated heterocycles. The highest BCUT2D eigenvalue weighted by atomic mass is 35.5. The van der Waals surface area contributed by atoms with E-state index < -0.39 is 4.84 Å². The number of rotatable bonds is 14. The molecule has 11 heteroatoms. The molecule has 2 aliphatic rings. The van der Waals surface area contributed by atoms with Crippen LogP contribution in [0.5, 0.6) is 5.75 Å². The van der Waals surface area contributed by atoms with Gasteiger partial charge in [-0.15, -0.1) is 13.2 Å². The third-order valence-corrected chi connectivity index (χ3v) is 8.81. The summed E-state index contributed by atoms with van der Waals surface area (Å²) in [4.78, 5) is 30.1. The first-order chi connectivity index (χ1) is 20.6. The smallest absolute Gasteiger partial charge is 0.256 e. The number of hydrogen-bond acceptors (Lipinski definition) is 7. The van der Waals surface area contributed by atoms with Crippen molar-refractivity contribution in [3.05, 3.63) is 65.9 Å². The molecule has 43 heavy (non-hydrogen) atoms. The predicted molar refractivity (Wildman–Crippen MR) is 180 cm³/mol. The van der Waals surface area contributed by atoms with Crippen LogP contribution in [0.1, 0.15) is 52.4 Å². The third kappa shape index (κ3) is 12.8. The Labute approximate surface area is 275 Å². The Hall–Kier alpha value is -2.13. The summed E-state index contributed by atoms with van der Waals surface area (Å²) in [6.45, 7) is 12.0. The van der Waals surface area contributed by atoms with Crippen molar-refractivity contribution >= 4 is 64.0 Å². The Kier molecular flexibility index (Phi) is 17.2. The van der Waals surface area contributed by atoms with E-state index in [-0.39, 0.29) is 36.1 Å². The van der Waals surface area contributed by atoms with E-state index in [0.717, 1.165) is 18.6 Å². The maximum atomic E-state index is 12.9. The molecule has 0 spiro atoms. The molecule has 1 N–H and O–H groups in total. The van der Waals surface area contributed by atoms with Gasteiger partial charge < -0.3 is 19.6 Å². The molecular formula is C32H43Cl3N2O5S. The van der Waals surface area contributed by atoms with Crippen molar-refractivity contribution in [3.63, 3.8) is 0 Å². The highest BCUT2D eigenvalue weighted by Gasteiger charge is 2.35. The molecule has 1 heterocycles. The fraction of sp³-hybridized carbons (Fsp3) is 0.531. The Balaban J connectivity index is 0.000000455. The van der Waals surface area contributed by atoms with E-state index >= 15 is 0 Å². The van der Waals surface area contributed by atoms with Gasteiger partial charge in [-0.3, -0.25) is 9.59 Å². The Morgan fingerprint density at radius 2 is 1.86 bits per heavy atom. The number of alkyl halides is 2. The number of Topliss-reactive ketones (excluding diaryl/α,β-unsaturated/α-hetero) is 1. The summed E-state index contributed by atoms with van der Waals surface area (Å²) in [6, 6.07) is 7.14. The van der Waals surface area contributed by atoms with Gasteiger partial charge in [0, 0.05) is 31.0 Å². The number of allylic oxidation sites excluding steroid dienone is 2. The van der Waals surface area contributed by atoms with Crippen molar-refractivity contribution in [1.82, 2.24) is 4.90 Å². The van der Waals surface area contributed by atoms with E-state index in [9.17, 15) is 14.7 Å². The molecule has 0 radical (unpaired) electrons. The predicted octanol–water partition coefficient (Wildman–Crippen LogP) is 8.21. The van der Waals surface area contributed by atoms with Crippen LogP contribution in [-0.2, 0) is 14.4 Å². The SMILES string of the molecule is C=CCN(CC=C)C(=O)C(Cl)Cl.CCCC(=NOCC(C)Oc1ccc(Cl)cc1)C1=C(O)CC(C2CCCSC2)CC1=O. The second-order valence-corrected chi connectivity index (χ2v) is 13.2. The Morgan fingerprint density at radius 1 is 1.19 bits per heavy atom. The van der Waals surface area contributed by atoms with E-state index in [0.29, 0.717) is 60.3 Å². The van der Waals surface area contributed by atoms with Crippen molar-refractivity contribution in [3.8, 4) is 5.75 Å². The second-order valence-electron chi connectivity index (χ2n) is 10.5. The van der Waals surface area contributed by atoms with Crippen molar-refractivity contribution in [2.45, 2.75) is 63.3 Å². The van der Waals surface area contributed by atoms with Crippen molar-refractivity contribution in [1.29, 1.82) is 0 Å². The van der Waals surface area contributed by atoms with Gasteiger partial charge in [-0.1, -0.05) is 65.5 Å². The van der Waals surface area contributed by atoms with Gasteiger partial charge in [0.05, 0.1) is 11.3 Å². The number of thioether (sulfide) groups is 1. The molecule has 1 aliphatic heterocycles. The summed E-state index contributed by atoms with van der Waals surface area (Å²) < 4.78 is 5.80. The minimum Gasteiger partial charge on any atom is -0.511 e. The highest BCUT2D eigenvalue weighted by Crippen LogP contribution is 2.38. The zero-order chi connectivity index (χ0) is 31.8. The van der Waals surface area contributed by atoms with E-state index in [1.165, 1.54) is 17.1 Å². The number of ketones is 1. The van der Waals surface area contributed by atoms with Gasteiger partial charge >= 0.3 is 0 Å². The van der Waals surface area contributed by atoms with E-state index in [1.807, 2.05) is 25.6 Å². The van der Waals surface area contributed by atoms with Gasteiger partial charge in [0.2, 0.25) is 0 Å². The monoisotopic (exact) mass is 672 g/mol. The number of carbonyl (C=O) groups is 2. The van der Waals surface area contributed by atoms with Gasteiger partial charge in [0.25, 0.3) is 5.91 Å². The maximum Gasteiger partial charge on any atom is 0.256 e. The zero-order valence-corrected chi connectivity index (χ0v) is 28.1. The number of hydrogen-bond donors (Lipinski definition) is 1. The van der Waals surface area contributed by atoms with Crippen LogP contribution >= 0.6 is 46.6 Å². The number of amides is 1. The van der Waals surface area contributed by atoms with Crippen LogP contribution in [0.2, 0.25) is 5.02 Å². The van der Waals surface area contributed by atoms with Gasteiger partial charge in [-0.2, -0.15) is 11.8 Å². The highest BCUT2D eigenvalue weighted by molar-refractivity contribution is 7.99. The maximum absolute atomic E-state index is 12.9. The lowest BCUT2D eigenvalue weighted by Gasteiger charge is -2.32. The topological polar surface area (TPSA) is 88.4 Å². The van der Waals surface area contributed by atoms with Crippen LogP contribution in [0.4, 0.5) is 0 Å².